The van der Waals surface area contributed by atoms with E-state index in [9.17, 15) is 0 Å². The van der Waals surface area contributed by atoms with Crippen LogP contribution in [0.5, 0.6) is 0 Å². The first kappa shape index (κ1) is 12.4. The van der Waals surface area contributed by atoms with E-state index in [0.29, 0.717) is 12.1 Å². The molecule has 1 aliphatic carbocycles. The molecular weight excluding hydrogens is 310 g/mol. The Morgan fingerprint density at radius 1 is 1.50 bits per heavy atom. The molecule has 0 aromatic carbocycles. The van der Waals surface area contributed by atoms with Gasteiger partial charge in [-0.15, -0.1) is 11.3 Å². The molecule has 0 bridgehead atoms. The number of halogens is 1. The summed E-state index contributed by atoms with van der Waals surface area (Å²) in [6.45, 7) is 0.964. The van der Waals surface area contributed by atoms with E-state index in [4.69, 9.17) is 0 Å². The zero-order valence-corrected chi connectivity index (χ0v) is 12.5. The molecule has 2 aromatic heterocycles. The molecule has 0 amide bonds. The van der Waals surface area contributed by atoms with Crippen LogP contribution in [0.15, 0.2) is 34.6 Å². The lowest BCUT2D eigenvalue weighted by Crippen LogP contribution is -2.32. The van der Waals surface area contributed by atoms with E-state index in [1.807, 2.05) is 12.5 Å². The fourth-order valence-corrected chi connectivity index (χ4v) is 4.08. The Kier molecular flexibility index (Phi) is 3.82. The number of nitrogens with zero attached hydrogens (tertiary/aromatic N) is 2. The van der Waals surface area contributed by atoms with E-state index in [0.717, 1.165) is 6.54 Å². The molecule has 1 saturated carbocycles. The van der Waals surface area contributed by atoms with Crippen LogP contribution in [0.3, 0.4) is 0 Å². The molecule has 1 N–H and O–H groups in total. The van der Waals surface area contributed by atoms with E-state index in [-0.39, 0.29) is 0 Å². The smallest absolute Gasteiger partial charge is 0.0949 e. The van der Waals surface area contributed by atoms with Crippen molar-refractivity contribution in [1.29, 1.82) is 0 Å². The number of imidazole rings is 1. The molecular formula is C13H16BrN3S. The van der Waals surface area contributed by atoms with E-state index >= 15 is 0 Å². The Labute approximate surface area is 119 Å². The van der Waals surface area contributed by atoms with Gasteiger partial charge in [0.25, 0.3) is 0 Å². The van der Waals surface area contributed by atoms with Gasteiger partial charge in [0.05, 0.1) is 6.33 Å². The van der Waals surface area contributed by atoms with Crippen molar-refractivity contribution in [2.75, 3.05) is 0 Å². The lowest BCUT2D eigenvalue weighted by atomic mass is 10.1. The molecule has 2 unspecified atom stereocenters. The average Bonchev–Trinajstić information content (AvgIpc) is 3.07. The van der Waals surface area contributed by atoms with Crippen molar-refractivity contribution in [2.45, 2.75) is 37.9 Å². The van der Waals surface area contributed by atoms with E-state index in [1.54, 1.807) is 11.3 Å². The van der Waals surface area contributed by atoms with Gasteiger partial charge < -0.3 is 9.88 Å². The van der Waals surface area contributed by atoms with Gasteiger partial charge >= 0.3 is 0 Å². The highest BCUT2D eigenvalue weighted by Crippen LogP contribution is 2.30. The maximum Gasteiger partial charge on any atom is 0.0949 e. The fourth-order valence-electron chi connectivity index (χ4n) is 2.68. The predicted molar refractivity (Wildman–Crippen MR) is 77.8 cm³/mol. The Hall–Kier alpha value is -0.650. The second-order valence-corrected chi connectivity index (χ2v) is 6.64. The van der Waals surface area contributed by atoms with Crippen LogP contribution in [0.2, 0.25) is 0 Å². The topological polar surface area (TPSA) is 29.9 Å². The summed E-state index contributed by atoms with van der Waals surface area (Å²) in [5.41, 5.74) is 0. The van der Waals surface area contributed by atoms with Crippen molar-refractivity contribution in [3.05, 3.63) is 39.5 Å². The zero-order chi connectivity index (χ0) is 12.4. The van der Waals surface area contributed by atoms with Crippen molar-refractivity contribution >= 4 is 27.3 Å². The summed E-state index contributed by atoms with van der Waals surface area (Å²) in [5.74, 6) is 0. The first-order valence-electron chi connectivity index (χ1n) is 6.26. The summed E-state index contributed by atoms with van der Waals surface area (Å²) in [7, 11) is 0. The number of hydrogen-bond acceptors (Lipinski definition) is 3. The molecule has 0 aliphatic heterocycles. The third-order valence-corrected chi connectivity index (χ3v) is 5.25. The van der Waals surface area contributed by atoms with Gasteiger partial charge in [-0.2, -0.15) is 0 Å². The first-order valence-corrected chi connectivity index (χ1v) is 7.94. The van der Waals surface area contributed by atoms with E-state index in [1.165, 1.54) is 28.6 Å². The van der Waals surface area contributed by atoms with Crippen LogP contribution >= 0.6 is 27.3 Å². The minimum Gasteiger partial charge on any atom is -0.333 e. The fraction of sp³-hybridized carbons (Fsp3) is 0.462. The lowest BCUT2D eigenvalue weighted by molar-refractivity contribution is 0.391. The SMILES string of the molecule is Brc1csc(CNC2CCCC2n2ccnc2)c1. The highest BCUT2D eigenvalue weighted by atomic mass is 79.9. The highest BCUT2D eigenvalue weighted by molar-refractivity contribution is 9.10. The minimum atomic E-state index is 0.566. The standard InChI is InChI=1S/C13H16BrN3S/c14-10-6-11(18-8-10)7-16-12-2-1-3-13(12)17-5-4-15-9-17/h4-6,8-9,12-13,16H,1-3,7H2. The van der Waals surface area contributed by atoms with Gasteiger partial charge in [-0.05, 0) is 41.3 Å². The number of aromatic nitrogens is 2. The molecule has 2 atom stereocenters. The largest absolute Gasteiger partial charge is 0.333 e. The molecule has 18 heavy (non-hydrogen) atoms. The molecule has 5 heteroatoms. The van der Waals surface area contributed by atoms with Gasteiger partial charge in [0, 0.05) is 45.8 Å². The van der Waals surface area contributed by atoms with Crippen molar-refractivity contribution in [3.8, 4) is 0 Å². The van der Waals surface area contributed by atoms with E-state index < -0.39 is 0 Å². The summed E-state index contributed by atoms with van der Waals surface area (Å²) in [4.78, 5) is 5.54. The van der Waals surface area contributed by atoms with Crippen LogP contribution in [-0.4, -0.2) is 15.6 Å². The number of hydrogen-bond donors (Lipinski definition) is 1. The number of thiophene rings is 1. The summed E-state index contributed by atoms with van der Waals surface area (Å²) >= 11 is 5.30. The maximum atomic E-state index is 4.15. The number of rotatable bonds is 4. The van der Waals surface area contributed by atoms with Crippen LogP contribution in [0.1, 0.15) is 30.2 Å². The molecule has 96 valence electrons. The van der Waals surface area contributed by atoms with Crippen LogP contribution in [0, 0.1) is 0 Å². The van der Waals surface area contributed by atoms with Crippen LogP contribution in [0.4, 0.5) is 0 Å². The molecule has 2 aromatic rings. The number of nitrogens with one attached hydrogen (secondary N) is 1. The summed E-state index contributed by atoms with van der Waals surface area (Å²) in [5, 5.41) is 5.83. The highest BCUT2D eigenvalue weighted by Gasteiger charge is 2.27. The monoisotopic (exact) mass is 325 g/mol. The third kappa shape index (κ3) is 2.68. The average molecular weight is 326 g/mol. The van der Waals surface area contributed by atoms with E-state index in [2.05, 4.69) is 48.4 Å². The van der Waals surface area contributed by atoms with Crippen molar-refractivity contribution in [2.24, 2.45) is 0 Å². The van der Waals surface area contributed by atoms with Gasteiger partial charge in [-0.25, -0.2) is 4.98 Å². The molecule has 1 fully saturated rings. The lowest BCUT2D eigenvalue weighted by Gasteiger charge is -2.21. The molecule has 0 radical (unpaired) electrons. The second-order valence-electron chi connectivity index (χ2n) is 4.73. The van der Waals surface area contributed by atoms with Gasteiger partial charge in [-0.1, -0.05) is 0 Å². The molecule has 2 heterocycles. The maximum absolute atomic E-state index is 4.15. The Morgan fingerprint density at radius 2 is 2.44 bits per heavy atom. The quantitative estimate of drug-likeness (QED) is 0.930. The van der Waals surface area contributed by atoms with Crippen molar-refractivity contribution in [1.82, 2.24) is 14.9 Å². The minimum absolute atomic E-state index is 0.566. The Morgan fingerprint density at radius 3 is 3.17 bits per heavy atom. The molecule has 1 aliphatic rings. The van der Waals surface area contributed by atoms with Crippen molar-refractivity contribution < 1.29 is 0 Å². The summed E-state index contributed by atoms with van der Waals surface area (Å²) in [6.07, 6.45) is 9.69. The van der Waals surface area contributed by atoms with Gasteiger partial charge in [0.15, 0.2) is 0 Å². The van der Waals surface area contributed by atoms with Gasteiger partial charge in [0.1, 0.15) is 0 Å². The van der Waals surface area contributed by atoms with Crippen LogP contribution in [-0.2, 0) is 6.54 Å². The third-order valence-electron chi connectivity index (χ3n) is 3.55. The van der Waals surface area contributed by atoms with Gasteiger partial charge in [0.2, 0.25) is 0 Å². The molecule has 0 spiro atoms. The molecule has 3 nitrogen and oxygen atoms in total. The predicted octanol–water partition coefficient (Wildman–Crippen LogP) is 3.59. The van der Waals surface area contributed by atoms with Crippen molar-refractivity contribution in [3.63, 3.8) is 0 Å². The van der Waals surface area contributed by atoms with Crippen LogP contribution in [0.25, 0.3) is 0 Å². The Bertz CT molecular complexity index is 494. The molecule has 0 saturated heterocycles. The normalized spacial score (nSPS) is 23.6. The summed E-state index contributed by atoms with van der Waals surface area (Å²) < 4.78 is 3.43. The zero-order valence-electron chi connectivity index (χ0n) is 10.1. The summed E-state index contributed by atoms with van der Waals surface area (Å²) in [6, 6.07) is 3.33. The van der Waals surface area contributed by atoms with Crippen LogP contribution < -0.4 is 5.32 Å². The Balaban J connectivity index is 1.62. The van der Waals surface area contributed by atoms with Gasteiger partial charge in [-0.3, -0.25) is 0 Å². The second kappa shape index (κ2) is 5.55. The molecule has 3 rings (SSSR count). The first-order chi connectivity index (χ1) is 8.83.